The van der Waals surface area contributed by atoms with Gasteiger partial charge in [0.15, 0.2) is 0 Å². The van der Waals surface area contributed by atoms with Gasteiger partial charge in [-0.2, -0.15) is 5.10 Å². The number of carbonyl (C=O) groups is 2. The van der Waals surface area contributed by atoms with E-state index >= 15 is 0 Å². The van der Waals surface area contributed by atoms with Crippen molar-refractivity contribution in [1.82, 2.24) is 10.7 Å². The Labute approximate surface area is 168 Å². The minimum Gasteiger partial charge on any atom is -0.497 e. The van der Waals surface area contributed by atoms with Gasteiger partial charge < -0.3 is 14.8 Å². The van der Waals surface area contributed by atoms with Crippen LogP contribution in [0.4, 0.5) is 0 Å². The fourth-order valence-electron chi connectivity index (χ4n) is 2.82. The number of hydrazone groups is 1. The Hall–Kier alpha value is -3.87. The SMILES string of the molecule is COc1ccc(/C=N/NC(=O)CNC(=O)c2cccc3ccccc23)c(OC)c1. The van der Waals surface area contributed by atoms with Gasteiger partial charge in [-0.15, -0.1) is 0 Å². The van der Waals surface area contributed by atoms with Gasteiger partial charge in [-0.1, -0.05) is 36.4 Å². The molecule has 3 rings (SSSR count). The van der Waals surface area contributed by atoms with E-state index in [-0.39, 0.29) is 12.5 Å². The highest BCUT2D eigenvalue weighted by molar-refractivity contribution is 6.07. The van der Waals surface area contributed by atoms with Crippen molar-refractivity contribution in [2.45, 2.75) is 0 Å². The van der Waals surface area contributed by atoms with E-state index in [1.807, 2.05) is 36.4 Å². The predicted octanol–water partition coefficient (Wildman–Crippen LogP) is 2.74. The van der Waals surface area contributed by atoms with Crippen LogP contribution in [0.1, 0.15) is 15.9 Å². The standard InChI is InChI=1S/C22H21N3O4/c1-28-17-11-10-16(20(12-17)29-2)13-24-25-21(26)14-23-22(27)19-9-5-7-15-6-3-4-8-18(15)19/h3-13H,14H2,1-2H3,(H,23,27)(H,25,26)/b24-13+. The molecule has 0 aliphatic heterocycles. The molecule has 3 aromatic rings. The topological polar surface area (TPSA) is 89.0 Å². The quantitative estimate of drug-likeness (QED) is 0.479. The van der Waals surface area contributed by atoms with Crippen LogP contribution in [0.2, 0.25) is 0 Å². The molecular formula is C22H21N3O4. The van der Waals surface area contributed by atoms with Gasteiger partial charge in [0.25, 0.3) is 11.8 Å². The maximum absolute atomic E-state index is 12.4. The van der Waals surface area contributed by atoms with Crippen LogP contribution in [-0.2, 0) is 4.79 Å². The van der Waals surface area contributed by atoms with Crippen molar-refractivity contribution in [1.29, 1.82) is 0 Å². The first-order chi connectivity index (χ1) is 14.1. The molecule has 2 N–H and O–H groups in total. The Bertz CT molecular complexity index is 1060. The van der Waals surface area contributed by atoms with Crippen molar-refractivity contribution in [3.05, 3.63) is 71.8 Å². The molecule has 0 fully saturated rings. The van der Waals surface area contributed by atoms with Crippen LogP contribution in [0.5, 0.6) is 11.5 Å². The van der Waals surface area contributed by atoms with Gasteiger partial charge in [0.1, 0.15) is 11.5 Å². The molecule has 0 aliphatic rings. The zero-order chi connectivity index (χ0) is 20.6. The summed E-state index contributed by atoms with van der Waals surface area (Å²) in [5.74, 6) is 0.450. The number of amides is 2. The van der Waals surface area contributed by atoms with E-state index in [2.05, 4.69) is 15.8 Å². The molecule has 0 radical (unpaired) electrons. The second-order valence-corrected chi connectivity index (χ2v) is 6.11. The molecule has 0 spiro atoms. The van der Waals surface area contributed by atoms with E-state index in [1.54, 1.807) is 31.4 Å². The molecule has 0 unspecified atom stereocenters. The van der Waals surface area contributed by atoms with Crippen molar-refractivity contribution >= 4 is 28.8 Å². The first kappa shape index (κ1) is 19.9. The first-order valence-electron chi connectivity index (χ1n) is 8.92. The van der Waals surface area contributed by atoms with Crippen LogP contribution in [0.15, 0.2) is 65.8 Å². The summed E-state index contributed by atoms with van der Waals surface area (Å²) in [5, 5.41) is 8.31. The number of nitrogens with zero attached hydrogens (tertiary/aromatic N) is 1. The van der Waals surface area contributed by atoms with E-state index in [4.69, 9.17) is 9.47 Å². The van der Waals surface area contributed by atoms with Gasteiger partial charge in [-0.3, -0.25) is 9.59 Å². The lowest BCUT2D eigenvalue weighted by Gasteiger charge is -2.08. The number of nitrogens with one attached hydrogen (secondary N) is 2. The normalized spacial score (nSPS) is 10.7. The molecule has 7 nitrogen and oxygen atoms in total. The third-order valence-corrected chi connectivity index (χ3v) is 4.28. The average Bonchev–Trinajstić information content (AvgIpc) is 2.77. The molecule has 0 heterocycles. The smallest absolute Gasteiger partial charge is 0.259 e. The summed E-state index contributed by atoms with van der Waals surface area (Å²) in [5.41, 5.74) is 3.57. The zero-order valence-electron chi connectivity index (χ0n) is 16.1. The second-order valence-electron chi connectivity index (χ2n) is 6.11. The van der Waals surface area contributed by atoms with Crippen molar-refractivity contribution in [3.8, 4) is 11.5 Å². The molecule has 0 atom stereocenters. The fraction of sp³-hybridized carbons (Fsp3) is 0.136. The molecular weight excluding hydrogens is 370 g/mol. The Morgan fingerprint density at radius 1 is 1.00 bits per heavy atom. The van der Waals surface area contributed by atoms with Gasteiger partial charge in [0, 0.05) is 17.2 Å². The van der Waals surface area contributed by atoms with Crippen LogP contribution in [0.25, 0.3) is 10.8 Å². The molecule has 3 aromatic carbocycles. The lowest BCUT2D eigenvalue weighted by Crippen LogP contribution is -2.35. The van der Waals surface area contributed by atoms with E-state index in [0.29, 0.717) is 22.6 Å². The first-order valence-corrected chi connectivity index (χ1v) is 8.92. The van der Waals surface area contributed by atoms with Crippen LogP contribution >= 0.6 is 0 Å². The van der Waals surface area contributed by atoms with E-state index < -0.39 is 5.91 Å². The summed E-state index contributed by atoms with van der Waals surface area (Å²) in [6.45, 7) is -0.195. The van der Waals surface area contributed by atoms with Gasteiger partial charge in [0.05, 0.1) is 27.0 Å². The molecule has 0 bridgehead atoms. The molecule has 29 heavy (non-hydrogen) atoms. The van der Waals surface area contributed by atoms with Gasteiger partial charge in [-0.25, -0.2) is 5.43 Å². The fourth-order valence-corrected chi connectivity index (χ4v) is 2.82. The minimum absolute atomic E-state index is 0.195. The van der Waals surface area contributed by atoms with Crippen molar-refractivity contribution < 1.29 is 19.1 Å². The Morgan fingerprint density at radius 2 is 1.79 bits per heavy atom. The molecule has 148 valence electrons. The number of carbonyl (C=O) groups excluding carboxylic acids is 2. The van der Waals surface area contributed by atoms with Crippen LogP contribution in [0.3, 0.4) is 0 Å². The number of rotatable bonds is 7. The number of ether oxygens (including phenoxy) is 2. The molecule has 0 saturated heterocycles. The number of methoxy groups -OCH3 is 2. The molecule has 0 aliphatic carbocycles. The minimum atomic E-state index is -0.442. The lowest BCUT2D eigenvalue weighted by molar-refractivity contribution is -0.120. The van der Waals surface area contributed by atoms with Crippen LogP contribution in [-0.4, -0.2) is 38.8 Å². The van der Waals surface area contributed by atoms with Crippen molar-refractivity contribution in [3.63, 3.8) is 0 Å². The third kappa shape index (κ3) is 4.90. The van der Waals surface area contributed by atoms with E-state index in [1.165, 1.54) is 13.3 Å². The summed E-state index contributed by atoms with van der Waals surface area (Å²) in [4.78, 5) is 24.4. The third-order valence-electron chi connectivity index (χ3n) is 4.28. The Morgan fingerprint density at radius 3 is 2.59 bits per heavy atom. The maximum atomic E-state index is 12.4. The van der Waals surface area contributed by atoms with Crippen molar-refractivity contribution in [2.24, 2.45) is 5.10 Å². The number of hydrogen-bond acceptors (Lipinski definition) is 5. The summed E-state index contributed by atoms with van der Waals surface area (Å²) in [7, 11) is 3.10. The predicted molar refractivity (Wildman–Crippen MR) is 112 cm³/mol. The number of benzene rings is 3. The summed E-state index contributed by atoms with van der Waals surface area (Å²) >= 11 is 0. The highest BCUT2D eigenvalue weighted by atomic mass is 16.5. The Kier molecular flexibility index (Phi) is 6.42. The monoisotopic (exact) mass is 391 g/mol. The highest BCUT2D eigenvalue weighted by Gasteiger charge is 2.11. The van der Waals surface area contributed by atoms with Gasteiger partial charge in [0.2, 0.25) is 0 Å². The summed E-state index contributed by atoms with van der Waals surface area (Å²) in [6, 6.07) is 18.3. The number of fused-ring (bicyclic) bond motifs is 1. The summed E-state index contributed by atoms with van der Waals surface area (Å²) < 4.78 is 10.4. The summed E-state index contributed by atoms with van der Waals surface area (Å²) in [6.07, 6.45) is 1.46. The van der Waals surface area contributed by atoms with Gasteiger partial charge >= 0.3 is 0 Å². The second kappa shape index (κ2) is 9.36. The zero-order valence-corrected chi connectivity index (χ0v) is 16.1. The Balaban J connectivity index is 1.57. The largest absolute Gasteiger partial charge is 0.497 e. The average molecular weight is 391 g/mol. The van der Waals surface area contributed by atoms with Gasteiger partial charge in [-0.05, 0) is 29.0 Å². The highest BCUT2D eigenvalue weighted by Crippen LogP contribution is 2.23. The molecule has 0 aromatic heterocycles. The maximum Gasteiger partial charge on any atom is 0.259 e. The number of hydrogen-bond donors (Lipinski definition) is 2. The van der Waals surface area contributed by atoms with E-state index in [0.717, 1.165) is 10.8 Å². The molecule has 7 heteroatoms. The van der Waals surface area contributed by atoms with Crippen LogP contribution < -0.4 is 20.2 Å². The lowest BCUT2D eigenvalue weighted by atomic mass is 10.0. The van der Waals surface area contributed by atoms with Crippen molar-refractivity contribution in [2.75, 3.05) is 20.8 Å². The van der Waals surface area contributed by atoms with Crippen LogP contribution in [0, 0.1) is 0 Å². The van der Waals surface area contributed by atoms with E-state index in [9.17, 15) is 9.59 Å². The molecule has 2 amide bonds. The molecule has 0 saturated carbocycles.